The SMILES string of the molecule is CC1=NC(=C(c2ccccc2)c2ccccc2)C(=O)N1. The Morgan fingerprint density at radius 1 is 0.900 bits per heavy atom. The average molecular weight is 262 g/mol. The fraction of sp³-hybridized carbons (Fsp3) is 0.0588. The molecule has 1 aliphatic heterocycles. The van der Waals surface area contributed by atoms with E-state index in [9.17, 15) is 4.79 Å². The summed E-state index contributed by atoms with van der Waals surface area (Å²) in [6, 6.07) is 19.7. The van der Waals surface area contributed by atoms with Crippen LogP contribution in [0.4, 0.5) is 0 Å². The number of carbonyl (C=O) groups is 1. The van der Waals surface area contributed by atoms with Gasteiger partial charge in [-0.25, -0.2) is 4.99 Å². The van der Waals surface area contributed by atoms with Crippen molar-refractivity contribution in [2.75, 3.05) is 0 Å². The van der Waals surface area contributed by atoms with Gasteiger partial charge in [-0.1, -0.05) is 60.7 Å². The number of rotatable bonds is 2. The molecule has 0 atom stereocenters. The lowest BCUT2D eigenvalue weighted by molar-refractivity contribution is -0.115. The van der Waals surface area contributed by atoms with Gasteiger partial charge in [0.2, 0.25) is 0 Å². The Kier molecular flexibility index (Phi) is 3.17. The van der Waals surface area contributed by atoms with Gasteiger partial charge in [-0.3, -0.25) is 4.79 Å². The second-order valence-corrected chi connectivity index (χ2v) is 4.61. The highest BCUT2D eigenvalue weighted by Crippen LogP contribution is 2.28. The fourth-order valence-corrected chi connectivity index (χ4v) is 2.29. The normalized spacial score (nSPS) is 13.9. The molecule has 0 aliphatic carbocycles. The summed E-state index contributed by atoms with van der Waals surface area (Å²) in [7, 11) is 0. The molecule has 20 heavy (non-hydrogen) atoms. The third-order valence-electron chi connectivity index (χ3n) is 3.15. The van der Waals surface area contributed by atoms with E-state index in [0.717, 1.165) is 16.7 Å². The molecule has 0 fully saturated rings. The zero-order chi connectivity index (χ0) is 13.9. The quantitative estimate of drug-likeness (QED) is 0.830. The molecule has 1 N–H and O–H groups in total. The molecule has 0 bridgehead atoms. The van der Waals surface area contributed by atoms with Crippen LogP contribution >= 0.6 is 0 Å². The topological polar surface area (TPSA) is 41.5 Å². The van der Waals surface area contributed by atoms with Gasteiger partial charge in [0.05, 0.1) is 0 Å². The molecule has 3 heteroatoms. The Balaban J connectivity index is 2.25. The van der Waals surface area contributed by atoms with Crippen LogP contribution < -0.4 is 5.32 Å². The molecule has 1 heterocycles. The van der Waals surface area contributed by atoms with Crippen molar-refractivity contribution < 1.29 is 4.79 Å². The molecule has 2 aromatic rings. The number of benzene rings is 2. The number of hydrogen-bond acceptors (Lipinski definition) is 2. The molecule has 1 amide bonds. The first-order chi connectivity index (χ1) is 9.75. The van der Waals surface area contributed by atoms with Crippen LogP contribution in [-0.2, 0) is 4.79 Å². The van der Waals surface area contributed by atoms with E-state index in [0.29, 0.717) is 11.5 Å². The molecule has 0 unspecified atom stereocenters. The van der Waals surface area contributed by atoms with Crippen molar-refractivity contribution in [2.24, 2.45) is 4.99 Å². The van der Waals surface area contributed by atoms with E-state index in [1.54, 1.807) is 6.92 Å². The van der Waals surface area contributed by atoms with Crippen molar-refractivity contribution in [1.29, 1.82) is 0 Å². The molecule has 98 valence electrons. The Hall–Kier alpha value is -2.68. The predicted molar refractivity (Wildman–Crippen MR) is 80.2 cm³/mol. The van der Waals surface area contributed by atoms with E-state index in [1.807, 2.05) is 60.7 Å². The van der Waals surface area contributed by atoms with Gasteiger partial charge in [-0.05, 0) is 18.1 Å². The summed E-state index contributed by atoms with van der Waals surface area (Å²) >= 11 is 0. The number of amidine groups is 1. The molecule has 3 rings (SSSR count). The molecule has 2 aromatic carbocycles. The fourth-order valence-electron chi connectivity index (χ4n) is 2.29. The minimum atomic E-state index is -0.148. The zero-order valence-corrected chi connectivity index (χ0v) is 11.1. The van der Waals surface area contributed by atoms with Gasteiger partial charge in [-0.2, -0.15) is 0 Å². The van der Waals surface area contributed by atoms with Gasteiger partial charge in [-0.15, -0.1) is 0 Å². The number of nitrogens with one attached hydrogen (secondary N) is 1. The van der Waals surface area contributed by atoms with Crippen molar-refractivity contribution in [2.45, 2.75) is 6.92 Å². The van der Waals surface area contributed by atoms with E-state index >= 15 is 0 Å². The molecule has 0 aromatic heterocycles. The van der Waals surface area contributed by atoms with Crippen LogP contribution in [0.1, 0.15) is 18.1 Å². The lowest BCUT2D eigenvalue weighted by atomic mass is 9.96. The van der Waals surface area contributed by atoms with Gasteiger partial charge in [0.1, 0.15) is 11.5 Å². The van der Waals surface area contributed by atoms with Crippen LogP contribution in [0, 0.1) is 0 Å². The summed E-state index contributed by atoms with van der Waals surface area (Å²) in [6.45, 7) is 1.79. The largest absolute Gasteiger partial charge is 0.309 e. The summed E-state index contributed by atoms with van der Waals surface area (Å²) in [5, 5.41) is 2.74. The summed E-state index contributed by atoms with van der Waals surface area (Å²) in [5.41, 5.74) is 3.31. The minimum absolute atomic E-state index is 0.148. The van der Waals surface area contributed by atoms with E-state index in [1.165, 1.54) is 0 Å². The molecule has 3 nitrogen and oxygen atoms in total. The number of hydrogen-bond donors (Lipinski definition) is 1. The summed E-state index contributed by atoms with van der Waals surface area (Å²) in [4.78, 5) is 16.4. The third-order valence-corrected chi connectivity index (χ3v) is 3.15. The smallest absolute Gasteiger partial charge is 0.275 e. The lowest BCUT2D eigenvalue weighted by Crippen LogP contribution is -2.21. The highest BCUT2D eigenvalue weighted by molar-refractivity contribution is 6.16. The van der Waals surface area contributed by atoms with Crippen LogP contribution in [0.15, 0.2) is 71.4 Å². The molecule has 0 radical (unpaired) electrons. The van der Waals surface area contributed by atoms with Gasteiger partial charge in [0.25, 0.3) is 5.91 Å². The number of aliphatic imine (C=N–C) groups is 1. The van der Waals surface area contributed by atoms with Crippen molar-refractivity contribution >= 4 is 17.3 Å². The first-order valence-electron chi connectivity index (χ1n) is 6.47. The molecule has 0 saturated carbocycles. The van der Waals surface area contributed by atoms with Crippen LogP contribution in [0.3, 0.4) is 0 Å². The van der Waals surface area contributed by atoms with Crippen LogP contribution in [-0.4, -0.2) is 11.7 Å². The maximum atomic E-state index is 12.1. The number of carbonyl (C=O) groups excluding carboxylic acids is 1. The standard InChI is InChI=1S/C17H14N2O/c1-12-18-16(17(20)19-12)15(13-8-4-2-5-9-13)14-10-6-3-7-11-14/h2-11H,1H3,(H,18,19,20). The van der Waals surface area contributed by atoms with Crippen LogP contribution in [0.25, 0.3) is 5.57 Å². The summed E-state index contributed by atoms with van der Waals surface area (Å²) in [6.07, 6.45) is 0. The maximum absolute atomic E-state index is 12.1. The Labute approximate surface area is 117 Å². The third kappa shape index (κ3) is 2.26. The van der Waals surface area contributed by atoms with Crippen LogP contribution in [0.2, 0.25) is 0 Å². The lowest BCUT2D eigenvalue weighted by Gasteiger charge is -2.09. The van der Waals surface area contributed by atoms with Crippen molar-refractivity contribution in [3.63, 3.8) is 0 Å². The zero-order valence-electron chi connectivity index (χ0n) is 11.1. The summed E-state index contributed by atoms with van der Waals surface area (Å²) in [5.74, 6) is 0.486. The first kappa shape index (κ1) is 12.4. The van der Waals surface area contributed by atoms with E-state index < -0.39 is 0 Å². The molecule has 0 spiro atoms. The molecular weight excluding hydrogens is 248 g/mol. The van der Waals surface area contributed by atoms with Gasteiger partial charge in [0.15, 0.2) is 0 Å². The highest BCUT2D eigenvalue weighted by Gasteiger charge is 2.23. The van der Waals surface area contributed by atoms with Gasteiger partial charge in [0, 0.05) is 5.57 Å². The van der Waals surface area contributed by atoms with Crippen LogP contribution in [0.5, 0.6) is 0 Å². The van der Waals surface area contributed by atoms with Gasteiger partial charge >= 0.3 is 0 Å². The number of amides is 1. The number of nitrogens with zero attached hydrogens (tertiary/aromatic N) is 1. The Morgan fingerprint density at radius 2 is 1.40 bits per heavy atom. The Morgan fingerprint density at radius 3 is 1.80 bits per heavy atom. The molecule has 1 aliphatic rings. The predicted octanol–water partition coefficient (Wildman–Crippen LogP) is 2.99. The highest BCUT2D eigenvalue weighted by atomic mass is 16.2. The van der Waals surface area contributed by atoms with Crippen molar-refractivity contribution in [1.82, 2.24) is 5.32 Å². The van der Waals surface area contributed by atoms with E-state index in [4.69, 9.17) is 0 Å². The van der Waals surface area contributed by atoms with E-state index in [-0.39, 0.29) is 5.91 Å². The van der Waals surface area contributed by atoms with E-state index in [2.05, 4.69) is 10.3 Å². The first-order valence-corrected chi connectivity index (χ1v) is 6.47. The second kappa shape index (κ2) is 5.13. The monoisotopic (exact) mass is 262 g/mol. The second-order valence-electron chi connectivity index (χ2n) is 4.61. The maximum Gasteiger partial charge on any atom is 0.275 e. The average Bonchev–Trinajstić information content (AvgIpc) is 2.80. The summed E-state index contributed by atoms with van der Waals surface area (Å²) < 4.78 is 0. The van der Waals surface area contributed by atoms with Crippen molar-refractivity contribution in [3.8, 4) is 0 Å². The minimum Gasteiger partial charge on any atom is -0.309 e. The molecule has 0 saturated heterocycles. The van der Waals surface area contributed by atoms with Crippen molar-refractivity contribution in [3.05, 3.63) is 77.5 Å². The van der Waals surface area contributed by atoms with Gasteiger partial charge < -0.3 is 5.32 Å². The Bertz CT molecular complexity index is 659. The molecular formula is C17H14N2O.